The zero-order chi connectivity index (χ0) is 22.0. The van der Waals surface area contributed by atoms with Crippen molar-refractivity contribution in [3.8, 4) is 0 Å². The summed E-state index contributed by atoms with van der Waals surface area (Å²) < 4.78 is 5.46. The Labute approximate surface area is 190 Å². The average molecular weight is 432 g/mol. The lowest BCUT2D eigenvalue weighted by Gasteiger charge is -2.33. The highest BCUT2D eigenvalue weighted by Crippen LogP contribution is 2.14. The minimum atomic E-state index is 0.176. The van der Waals surface area contributed by atoms with Crippen molar-refractivity contribution in [3.63, 3.8) is 0 Å². The van der Waals surface area contributed by atoms with Crippen molar-refractivity contribution in [3.05, 3.63) is 90.1 Å². The molecule has 4 rings (SSSR count). The largest absolute Gasteiger partial charge is 0.469 e. The molecule has 1 atom stereocenters. The smallest absolute Gasteiger partial charge is 0.191 e. The molecular weight excluding hydrogens is 398 g/mol. The maximum Gasteiger partial charge on any atom is 0.191 e. The van der Waals surface area contributed by atoms with Gasteiger partial charge in [0, 0.05) is 44.8 Å². The van der Waals surface area contributed by atoms with E-state index in [1.165, 1.54) is 5.56 Å². The van der Waals surface area contributed by atoms with E-state index in [9.17, 15) is 0 Å². The van der Waals surface area contributed by atoms with Crippen LogP contribution in [0.4, 0.5) is 0 Å². The van der Waals surface area contributed by atoms with Gasteiger partial charge in [0.1, 0.15) is 5.76 Å². The third kappa shape index (κ3) is 6.69. The van der Waals surface area contributed by atoms with Gasteiger partial charge >= 0.3 is 0 Å². The number of nitrogens with one attached hydrogen (secondary N) is 2. The lowest BCUT2D eigenvalue weighted by molar-refractivity contribution is 0.196. The summed E-state index contributed by atoms with van der Waals surface area (Å²) in [6, 6.07) is 21.1. The number of benzene rings is 1. The van der Waals surface area contributed by atoms with E-state index in [2.05, 4.69) is 63.8 Å². The van der Waals surface area contributed by atoms with Gasteiger partial charge < -0.3 is 15.1 Å². The van der Waals surface area contributed by atoms with Crippen molar-refractivity contribution < 1.29 is 4.42 Å². The summed E-state index contributed by atoms with van der Waals surface area (Å²) in [6.45, 7) is 5.89. The molecule has 1 aliphatic rings. The molecule has 2 N–H and O–H groups in total. The van der Waals surface area contributed by atoms with E-state index in [0.29, 0.717) is 12.6 Å². The maximum absolute atomic E-state index is 5.46. The SMILES string of the molecule is CC(NC(=NCCc1ccco1)NC1CCN(Cc2ccccn2)CC1)c1ccccc1. The number of nitrogens with zero attached hydrogens (tertiary/aromatic N) is 3. The molecule has 1 aromatic carbocycles. The number of guanidine groups is 1. The number of furan rings is 1. The summed E-state index contributed by atoms with van der Waals surface area (Å²) in [7, 11) is 0. The minimum absolute atomic E-state index is 0.176. The standard InChI is InChI=1S/C26H33N5O/c1-21(22-8-3-2-4-9-22)29-26(28-16-12-25-11-7-19-32-25)30-23-13-17-31(18-14-23)20-24-10-5-6-15-27-24/h2-11,15,19,21,23H,12-14,16-18,20H2,1H3,(H2,28,29,30). The van der Waals surface area contributed by atoms with Gasteiger partial charge in [0.2, 0.25) is 0 Å². The molecule has 168 valence electrons. The van der Waals surface area contributed by atoms with E-state index in [1.807, 2.05) is 30.5 Å². The van der Waals surface area contributed by atoms with Crippen molar-refractivity contribution in [2.75, 3.05) is 19.6 Å². The van der Waals surface area contributed by atoms with Crippen molar-refractivity contribution in [1.29, 1.82) is 0 Å². The average Bonchev–Trinajstić information content (AvgIpc) is 3.35. The van der Waals surface area contributed by atoms with Gasteiger partial charge in [-0.3, -0.25) is 14.9 Å². The number of aromatic nitrogens is 1. The summed E-state index contributed by atoms with van der Waals surface area (Å²) in [5.74, 6) is 1.84. The highest BCUT2D eigenvalue weighted by Gasteiger charge is 2.21. The van der Waals surface area contributed by atoms with Gasteiger partial charge in [-0.25, -0.2) is 0 Å². The number of aliphatic imine (C=N–C) groups is 1. The van der Waals surface area contributed by atoms with E-state index in [0.717, 1.165) is 56.3 Å². The van der Waals surface area contributed by atoms with Crippen molar-refractivity contribution in [2.45, 2.75) is 44.8 Å². The first-order chi connectivity index (χ1) is 15.8. The Bertz CT molecular complexity index is 935. The molecule has 0 radical (unpaired) electrons. The van der Waals surface area contributed by atoms with Gasteiger partial charge in [-0.05, 0) is 49.6 Å². The Morgan fingerprint density at radius 2 is 1.91 bits per heavy atom. The monoisotopic (exact) mass is 431 g/mol. The van der Waals surface area contributed by atoms with Crippen LogP contribution in [0.1, 0.15) is 42.8 Å². The first-order valence-electron chi connectivity index (χ1n) is 11.5. The third-order valence-corrected chi connectivity index (χ3v) is 5.90. The molecule has 2 aromatic heterocycles. The van der Waals surface area contributed by atoms with Crippen molar-refractivity contribution >= 4 is 5.96 Å². The van der Waals surface area contributed by atoms with Crippen LogP contribution in [-0.2, 0) is 13.0 Å². The van der Waals surface area contributed by atoms with Gasteiger partial charge in [0.15, 0.2) is 5.96 Å². The minimum Gasteiger partial charge on any atom is -0.469 e. The summed E-state index contributed by atoms with van der Waals surface area (Å²) in [5.41, 5.74) is 2.38. The van der Waals surface area contributed by atoms with E-state index in [4.69, 9.17) is 9.41 Å². The fourth-order valence-electron chi connectivity index (χ4n) is 4.05. The molecule has 1 aliphatic heterocycles. The number of rotatable bonds is 8. The molecule has 0 amide bonds. The topological polar surface area (TPSA) is 65.7 Å². The summed E-state index contributed by atoms with van der Waals surface area (Å²) in [5, 5.41) is 7.28. The second-order valence-corrected chi connectivity index (χ2v) is 8.35. The zero-order valence-corrected chi connectivity index (χ0v) is 18.8. The van der Waals surface area contributed by atoms with Crippen LogP contribution in [0.5, 0.6) is 0 Å². The summed E-state index contributed by atoms with van der Waals surface area (Å²) in [4.78, 5) is 11.8. The van der Waals surface area contributed by atoms with Crippen LogP contribution in [0.3, 0.4) is 0 Å². The number of pyridine rings is 1. The number of piperidine rings is 1. The predicted octanol–water partition coefficient (Wildman–Crippen LogP) is 4.18. The second kappa shape index (κ2) is 11.5. The molecule has 1 saturated heterocycles. The van der Waals surface area contributed by atoms with E-state index >= 15 is 0 Å². The fraction of sp³-hybridized carbons (Fsp3) is 0.385. The quantitative estimate of drug-likeness (QED) is 0.414. The second-order valence-electron chi connectivity index (χ2n) is 8.35. The van der Waals surface area contributed by atoms with Gasteiger partial charge in [-0.2, -0.15) is 0 Å². The third-order valence-electron chi connectivity index (χ3n) is 5.90. The first kappa shape index (κ1) is 22.1. The van der Waals surface area contributed by atoms with Crippen LogP contribution in [0.2, 0.25) is 0 Å². The Morgan fingerprint density at radius 1 is 1.09 bits per heavy atom. The van der Waals surface area contributed by atoms with Gasteiger partial charge in [0.05, 0.1) is 18.0 Å². The Kier molecular flexibility index (Phi) is 7.93. The Hall–Kier alpha value is -3.12. The van der Waals surface area contributed by atoms with Gasteiger partial charge in [-0.15, -0.1) is 0 Å². The lowest BCUT2D eigenvalue weighted by Crippen LogP contribution is -2.49. The van der Waals surface area contributed by atoms with Crippen LogP contribution >= 0.6 is 0 Å². The van der Waals surface area contributed by atoms with Gasteiger partial charge in [-0.1, -0.05) is 36.4 Å². The van der Waals surface area contributed by atoms with Crippen LogP contribution < -0.4 is 10.6 Å². The molecule has 1 fully saturated rings. The summed E-state index contributed by atoms with van der Waals surface area (Å²) >= 11 is 0. The molecule has 3 heterocycles. The normalized spacial score (nSPS) is 16.6. The molecule has 6 nitrogen and oxygen atoms in total. The number of hydrogen-bond acceptors (Lipinski definition) is 4. The molecular formula is C26H33N5O. The van der Waals surface area contributed by atoms with Crippen molar-refractivity contribution in [2.24, 2.45) is 4.99 Å². The fourth-order valence-corrected chi connectivity index (χ4v) is 4.05. The molecule has 0 bridgehead atoms. The van der Waals surface area contributed by atoms with E-state index < -0.39 is 0 Å². The van der Waals surface area contributed by atoms with Crippen LogP contribution in [0.25, 0.3) is 0 Å². The van der Waals surface area contributed by atoms with E-state index in [1.54, 1.807) is 6.26 Å². The molecule has 0 aliphatic carbocycles. The lowest BCUT2D eigenvalue weighted by atomic mass is 10.0. The van der Waals surface area contributed by atoms with Crippen LogP contribution in [0, 0.1) is 0 Å². The molecule has 0 saturated carbocycles. The predicted molar refractivity (Wildman–Crippen MR) is 128 cm³/mol. The Morgan fingerprint density at radius 3 is 2.62 bits per heavy atom. The zero-order valence-electron chi connectivity index (χ0n) is 18.8. The Balaban J connectivity index is 1.33. The van der Waals surface area contributed by atoms with Gasteiger partial charge in [0.25, 0.3) is 0 Å². The molecule has 32 heavy (non-hydrogen) atoms. The van der Waals surface area contributed by atoms with Crippen molar-refractivity contribution in [1.82, 2.24) is 20.5 Å². The summed E-state index contributed by atoms with van der Waals surface area (Å²) in [6.07, 6.45) is 6.56. The highest BCUT2D eigenvalue weighted by molar-refractivity contribution is 5.80. The number of hydrogen-bond donors (Lipinski definition) is 2. The molecule has 0 spiro atoms. The highest BCUT2D eigenvalue weighted by atomic mass is 16.3. The molecule has 1 unspecified atom stereocenters. The first-order valence-corrected chi connectivity index (χ1v) is 11.5. The molecule has 6 heteroatoms. The van der Waals surface area contributed by atoms with Crippen LogP contribution in [-0.4, -0.2) is 41.5 Å². The number of likely N-dealkylation sites (tertiary alicyclic amines) is 1. The maximum atomic E-state index is 5.46. The molecule has 3 aromatic rings. The van der Waals surface area contributed by atoms with E-state index in [-0.39, 0.29) is 6.04 Å². The van der Waals surface area contributed by atoms with Crippen LogP contribution in [0.15, 0.2) is 82.5 Å².